The molecule has 3 N–H and O–H groups in total. The number of rotatable bonds is 5. The molecule has 1 aromatic carbocycles. The van der Waals surface area contributed by atoms with Gasteiger partial charge in [-0.15, -0.1) is 0 Å². The van der Waals surface area contributed by atoms with Crippen molar-refractivity contribution in [2.45, 2.75) is 33.2 Å². The summed E-state index contributed by atoms with van der Waals surface area (Å²) in [5.41, 5.74) is 7.37. The Bertz CT molecular complexity index is 391. The van der Waals surface area contributed by atoms with Crippen molar-refractivity contribution in [1.82, 2.24) is 5.32 Å². The molecule has 0 saturated carbocycles. The Kier molecular flexibility index (Phi) is 4.82. The van der Waals surface area contributed by atoms with Crippen molar-refractivity contribution in [3.63, 3.8) is 0 Å². The number of benzene rings is 1. The first-order chi connectivity index (χ1) is 8.02. The van der Waals surface area contributed by atoms with Crippen LogP contribution in [-0.4, -0.2) is 18.6 Å². The lowest BCUT2D eigenvalue weighted by atomic mass is 10.2. The van der Waals surface area contributed by atoms with Gasteiger partial charge < -0.3 is 15.8 Å². The molecule has 17 heavy (non-hydrogen) atoms. The van der Waals surface area contributed by atoms with Gasteiger partial charge in [0.25, 0.3) is 5.91 Å². The van der Waals surface area contributed by atoms with Crippen molar-refractivity contribution in [3.05, 3.63) is 23.8 Å². The smallest absolute Gasteiger partial charge is 0.258 e. The Labute approximate surface area is 102 Å². The maximum Gasteiger partial charge on any atom is 0.258 e. The molecule has 0 bridgehead atoms. The van der Waals surface area contributed by atoms with E-state index in [-0.39, 0.29) is 18.6 Å². The van der Waals surface area contributed by atoms with E-state index in [4.69, 9.17) is 10.5 Å². The van der Waals surface area contributed by atoms with Crippen LogP contribution in [0.5, 0.6) is 5.75 Å². The summed E-state index contributed by atoms with van der Waals surface area (Å²) in [7, 11) is 0. The Morgan fingerprint density at radius 2 is 2.24 bits per heavy atom. The first-order valence-electron chi connectivity index (χ1n) is 5.81. The van der Waals surface area contributed by atoms with E-state index >= 15 is 0 Å². The van der Waals surface area contributed by atoms with Gasteiger partial charge in [0.2, 0.25) is 0 Å². The molecule has 0 heterocycles. The number of carbonyl (C=O) groups excluding carboxylic acids is 1. The molecule has 1 rings (SSSR count). The number of anilines is 1. The van der Waals surface area contributed by atoms with Crippen molar-refractivity contribution in [2.75, 3.05) is 12.3 Å². The number of ether oxygens (including phenoxy) is 1. The zero-order valence-electron chi connectivity index (χ0n) is 10.6. The van der Waals surface area contributed by atoms with Gasteiger partial charge in [0.15, 0.2) is 6.61 Å². The topological polar surface area (TPSA) is 64.3 Å². The third kappa shape index (κ3) is 4.34. The maximum atomic E-state index is 11.5. The fourth-order valence-electron chi connectivity index (χ4n) is 1.31. The summed E-state index contributed by atoms with van der Waals surface area (Å²) in [5.74, 6) is 0.560. The van der Waals surface area contributed by atoms with E-state index in [1.165, 1.54) is 0 Å². The normalized spacial score (nSPS) is 11.9. The number of nitrogens with one attached hydrogen (secondary N) is 1. The predicted molar refractivity (Wildman–Crippen MR) is 69.0 cm³/mol. The molecule has 1 unspecified atom stereocenters. The number of aryl methyl sites for hydroxylation is 1. The zero-order chi connectivity index (χ0) is 12.8. The van der Waals surface area contributed by atoms with Crippen LogP contribution in [0.15, 0.2) is 18.2 Å². The minimum atomic E-state index is -0.103. The van der Waals surface area contributed by atoms with Crippen LogP contribution in [0.4, 0.5) is 5.69 Å². The molecule has 94 valence electrons. The molecule has 0 saturated heterocycles. The number of amides is 1. The van der Waals surface area contributed by atoms with Crippen LogP contribution >= 0.6 is 0 Å². The van der Waals surface area contributed by atoms with E-state index in [2.05, 4.69) is 5.32 Å². The van der Waals surface area contributed by atoms with Gasteiger partial charge in [0.05, 0.1) is 0 Å². The number of carbonyl (C=O) groups is 1. The van der Waals surface area contributed by atoms with Crippen LogP contribution in [0.3, 0.4) is 0 Å². The summed E-state index contributed by atoms with van der Waals surface area (Å²) in [5, 5.41) is 2.84. The van der Waals surface area contributed by atoms with Crippen LogP contribution in [0, 0.1) is 6.92 Å². The van der Waals surface area contributed by atoms with Crippen molar-refractivity contribution >= 4 is 11.6 Å². The maximum absolute atomic E-state index is 11.5. The minimum absolute atomic E-state index is 0.0354. The third-order valence-corrected chi connectivity index (χ3v) is 2.63. The Hall–Kier alpha value is -1.71. The average Bonchev–Trinajstić information content (AvgIpc) is 2.30. The van der Waals surface area contributed by atoms with Crippen LogP contribution < -0.4 is 15.8 Å². The van der Waals surface area contributed by atoms with Gasteiger partial charge in [0.1, 0.15) is 5.75 Å². The number of hydrogen-bond acceptors (Lipinski definition) is 3. The number of hydrogen-bond donors (Lipinski definition) is 2. The van der Waals surface area contributed by atoms with E-state index in [1.54, 1.807) is 12.1 Å². The van der Waals surface area contributed by atoms with Crippen LogP contribution in [0.25, 0.3) is 0 Å². The summed E-state index contributed by atoms with van der Waals surface area (Å²) in [6.07, 6.45) is 0.909. The molecule has 0 spiro atoms. The second-order valence-electron chi connectivity index (χ2n) is 4.18. The molecule has 0 radical (unpaired) electrons. The highest BCUT2D eigenvalue weighted by Gasteiger charge is 2.06. The standard InChI is InChI=1S/C13H20N2O2/c1-4-10(3)15-13(16)8-17-11-5-6-12(14)9(2)7-11/h5-7,10H,4,8,14H2,1-3H3,(H,15,16). The quantitative estimate of drug-likeness (QED) is 0.767. The Balaban J connectivity index is 2.45. The van der Waals surface area contributed by atoms with Crippen LogP contribution in [-0.2, 0) is 4.79 Å². The van der Waals surface area contributed by atoms with Gasteiger partial charge in [-0.05, 0) is 44.0 Å². The highest BCUT2D eigenvalue weighted by molar-refractivity contribution is 5.77. The summed E-state index contributed by atoms with van der Waals surface area (Å²) in [4.78, 5) is 11.5. The molecule has 1 amide bonds. The second-order valence-corrected chi connectivity index (χ2v) is 4.18. The number of nitrogens with two attached hydrogens (primary N) is 1. The van der Waals surface area contributed by atoms with Gasteiger partial charge in [-0.1, -0.05) is 6.92 Å². The molecule has 0 aliphatic heterocycles. The fourth-order valence-corrected chi connectivity index (χ4v) is 1.31. The molecular formula is C13H20N2O2. The molecule has 0 fully saturated rings. The molecule has 4 heteroatoms. The van der Waals surface area contributed by atoms with Crippen LogP contribution in [0.2, 0.25) is 0 Å². The van der Waals surface area contributed by atoms with E-state index in [1.807, 2.05) is 26.8 Å². The van der Waals surface area contributed by atoms with E-state index in [0.29, 0.717) is 5.75 Å². The lowest BCUT2D eigenvalue weighted by Gasteiger charge is -2.12. The van der Waals surface area contributed by atoms with Gasteiger partial charge in [-0.25, -0.2) is 0 Å². The Morgan fingerprint density at radius 1 is 1.53 bits per heavy atom. The van der Waals surface area contributed by atoms with Crippen molar-refractivity contribution in [3.8, 4) is 5.75 Å². The first kappa shape index (κ1) is 13.4. The van der Waals surface area contributed by atoms with Crippen LogP contribution in [0.1, 0.15) is 25.8 Å². The summed E-state index contributed by atoms with van der Waals surface area (Å²) >= 11 is 0. The predicted octanol–water partition coefficient (Wildman–Crippen LogP) is 1.87. The lowest BCUT2D eigenvalue weighted by molar-refractivity contribution is -0.123. The highest BCUT2D eigenvalue weighted by atomic mass is 16.5. The monoisotopic (exact) mass is 236 g/mol. The molecule has 0 aliphatic carbocycles. The molecule has 0 aliphatic rings. The Morgan fingerprint density at radius 3 is 2.82 bits per heavy atom. The average molecular weight is 236 g/mol. The molecule has 1 aromatic rings. The van der Waals surface area contributed by atoms with E-state index < -0.39 is 0 Å². The van der Waals surface area contributed by atoms with E-state index in [9.17, 15) is 4.79 Å². The molecular weight excluding hydrogens is 216 g/mol. The van der Waals surface area contributed by atoms with Gasteiger partial charge in [-0.2, -0.15) is 0 Å². The lowest BCUT2D eigenvalue weighted by Crippen LogP contribution is -2.35. The second kappa shape index (κ2) is 6.13. The molecule has 0 aromatic heterocycles. The van der Waals surface area contributed by atoms with Crippen molar-refractivity contribution in [1.29, 1.82) is 0 Å². The van der Waals surface area contributed by atoms with Crippen molar-refractivity contribution in [2.24, 2.45) is 0 Å². The fraction of sp³-hybridized carbons (Fsp3) is 0.462. The number of nitrogen functional groups attached to an aromatic ring is 1. The van der Waals surface area contributed by atoms with Gasteiger partial charge in [0, 0.05) is 11.7 Å². The third-order valence-electron chi connectivity index (χ3n) is 2.63. The van der Waals surface area contributed by atoms with Gasteiger partial charge in [-0.3, -0.25) is 4.79 Å². The zero-order valence-corrected chi connectivity index (χ0v) is 10.6. The minimum Gasteiger partial charge on any atom is -0.484 e. The molecule has 1 atom stereocenters. The van der Waals surface area contributed by atoms with Crippen molar-refractivity contribution < 1.29 is 9.53 Å². The highest BCUT2D eigenvalue weighted by Crippen LogP contribution is 2.18. The van der Waals surface area contributed by atoms with Gasteiger partial charge >= 0.3 is 0 Å². The van der Waals surface area contributed by atoms with E-state index in [0.717, 1.165) is 17.7 Å². The SMILES string of the molecule is CCC(C)NC(=O)COc1ccc(N)c(C)c1. The first-order valence-corrected chi connectivity index (χ1v) is 5.81. The summed E-state index contributed by atoms with van der Waals surface area (Å²) in [6, 6.07) is 5.54. The summed E-state index contributed by atoms with van der Waals surface area (Å²) < 4.78 is 5.38. The largest absolute Gasteiger partial charge is 0.484 e. The summed E-state index contributed by atoms with van der Waals surface area (Å²) in [6.45, 7) is 5.93. The molecule has 4 nitrogen and oxygen atoms in total.